The van der Waals surface area contributed by atoms with Gasteiger partial charge in [-0.3, -0.25) is 4.57 Å². The topological polar surface area (TPSA) is 53.1 Å². The van der Waals surface area contributed by atoms with Crippen LogP contribution in [0.5, 0.6) is 5.75 Å². The van der Waals surface area contributed by atoms with Gasteiger partial charge in [0, 0.05) is 11.4 Å². The highest BCUT2D eigenvalue weighted by atomic mass is 16.5. The molecule has 3 rings (SSSR count). The normalized spacial score (nSPS) is 10.8. The Morgan fingerprint density at radius 1 is 1.15 bits per heavy atom. The van der Waals surface area contributed by atoms with Crippen LogP contribution in [0.2, 0.25) is 0 Å². The standard InChI is InChI=1S/C16H17N3O/c1-2-9-20-14-6-4-13(5-7-14)19-11-18-15-10-12(17)3-8-16(15)19/h3-8,10-11H,2,9,17H2,1H3. The maximum Gasteiger partial charge on any atom is 0.119 e. The third kappa shape index (κ3) is 2.32. The van der Waals surface area contributed by atoms with E-state index in [-0.39, 0.29) is 0 Å². The second-order valence-electron chi connectivity index (χ2n) is 4.71. The highest BCUT2D eigenvalue weighted by Crippen LogP contribution is 2.22. The summed E-state index contributed by atoms with van der Waals surface area (Å²) < 4.78 is 7.63. The van der Waals surface area contributed by atoms with Crippen LogP contribution in [0.3, 0.4) is 0 Å². The molecule has 0 aliphatic heterocycles. The van der Waals surface area contributed by atoms with Gasteiger partial charge in [0.15, 0.2) is 0 Å². The van der Waals surface area contributed by atoms with Gasteiger partial charge in [-0.25, -0.2) is 4.98 Å². The Kier molecular flexibility index (Phi) is 3.29. The van der Waals surface area contributed by atoms with Crippen LogP contribution in [-0.4, -0.2) is 16.2 Å². The first kappa shape index (κ1) is 12.5. The monoisotopic (exact) mass is 267 g/mol. The summed E-state index contributed by atoms with van der Waals surface area (Å²) in [5.41, 5.74) is 9.50. The van der Waals surface area contributed by atoms with E-state index >= 15 is 0 Å². The molecule has 4 nitrogen and oxygen atoms in total. The Morgan fingerprint density at radius 2 is 1.95 bits per heavy atom. The van der Waals surface area contributed by atoms with Crippen molar-refractivity contribution in [3.05, 3.63) is 48.8 Å². The van der Waals surface area contributed by atoms with E-state index in [1.807, 2.05) is 53.4 Å². The van der Waals surface area contributed by atoms with Crippen molar-refractivity contribution in [2.75, 3.05) is 12.3 Å². The molecule has 0 saturated carbocycles. The number of benzene rings is 2. The van der Waals surface area contributed by atoms with Crippen LogP contribution >= 0.6 is 0 Å². The van der Waals surface area contributed by atoms with E-state index < -0.39 is 0 Å². The summed E-state index contributed by atoms with van der Waals surface area (Å²) in [5.74, 6) is 0.893. The van der Waals surface area contributed by atoms with Crippen molar-refractivity contribution in [1.82, 2.24) is 9.55 Å². The summed E-state index contributed by atoms with van der Waals surface area (Å²) in [4.78, 5) is 4.38. The number of nitrogens with zero attached hydrogens (tertiary/aromatic N) is 2. The van der Waals surface area contributed by atoms with Crippen molar-refractivity contribution in [2.45, 2.75) is 13.3 Å². The smallest absolute Gasteiger partial charge is 0.119 e. The number of nitrogens with two attached hydrogens (primary N) is 1. The molecule has 0 aliphatic carbocycles. The third-order valence-corrected chi connectivity index (χ3v) is 3.16. The average molecular weight is 267 g/mol. The van der Waals surface area contributed by atoms with Crippen molar-refractivity contribution >= 4 is 16.7 Å². The number of fused-ring (bicyclic) bond motifs is 1. The van der Waals surface area contributed by atoms with Crippen LogP contribution in [0.25, 0.3) is 16.7 Å². The fraction of sp³-hybridized carbons (Fsp3) is 0.188. The fourth-order valence-corrected chi connectivity index (χ4v) is 2.16. The summed E-state index contributed by atoms with van der Waals surface area (Å²) in [6.45, 7) is 2.84. The van der Waals surface area contributed by atoms with Crippen LogP contribution in [0.15, 0.2) is 48.8 Å². The number of anilines is 1. The largest absolute Gasteiger partial charge is 0.494 e. The van der Waals surface area contributed by atoms with E-state index in [1.165, 1.54) is 0 Å². The van der Waals surface area contributed by atoms with E-state index in [0.717, 1.165) is 41.2 Å². The molecular weight excluding hydrogens is 250 g/mol. The molecule has 2 N–H and O–H groups in total. The maximum absolute atomic E-state index is 5.77. The lowest BCUT2D eigenvalue weighted by Crippen LogP contribution is -1.96. The lowest BCUT2D eigenvalue weighted by Gasteiger charge is -2.07. The average Bonchev–Trinajstić information content (AvgIpc) is 2.88. The first-order valence-corrected chi connectivity index (χ1v) is 6.74. The van der Waals surface area contributed by atoms with E-state index in [9.17, 15) is 0 Å². The molecule has 0 amide bonds. The molecular formula is C16H17N3O. The first-order chi connectivity index (χ1) is 9.78. The summed E-state index contributed by atoms with van der Waals surface area (Å²) in [7, 11) is 0. The minimum Gasteiger partial charge on any atom is -0.494 e. The van der Waals surface area contributed by atoms with Crippen LogP contribution in [0.1, 0.15) is 13.3 Å². The van der Waals surface area contributed by atoms with Gasteiger partial charge in [-0.1, -0.05) is 6.92 Å². The Morgan fingerprint density at radius 3 is 2.70 bits per heavy atom. The molecule has 0 bridgehead atoms. The molecule has 3 aromatic rings. The Bertz CT molecular complexity index is 716. The zero-order valence-corrected chi connectivity index (χ0v) is 11.4. The summed E-state index contributed by atoms with van der Waals surface area (Å²) in [6, 6.07) is 13.8. The molecule has 1 aromatic heterocycles. The van der Waals surface area contributed by atoms with E-state index in [4.69, 9.17) is 10.5 Å². The Hall–Kier alpha value is -2.49. The van der Waals surface area contributed by atoms with Gasteiger partial charge in [0.2, 0.25) is 0 Å². The van der Waals surface area contributed by atoms with Crippen LogP contribution < -0.4 is 10.5 Å². The van der Waals surface area contributed by atoms with Crippen molar-refractivity contribution in [3.8, 4) is 11.4 Å². The Labute approximate surface area is 117 Å². The van der Waals surface area contributed by atoms with Gasteiger partial charge in [-0.15, -0.1) is 0 Å². The molecule has 0 unspecified atom stereocenters. The second kappa shape index (κ2) is 5.25. The van der Waals surface area contributed by atoms with Crippen LogP contribution in [0, 0.1) is 0 Å². The fourth-order valence-electron chi connectivity index (χ4n) is 2.16. The summed E-state index contributed by atoms with van der Waals surface area (Å²) in [5, 5.41) is 0. The second-order valence-corrected chi connectivity index (χ2v) is 4.71. The highest BCUT2D eigenvalue weighted by Gasteiger charge is 2.05. The molecule has 0 atom stereocenters. The van der Waals surface area contributed by atoms with Gasteiger partial charge >= 0.3 is 0 Å². The summed E-state index contributed by atoms with van der Waals surface area (Å²) in [6.07, 6.45) is 2.82. The van der Waals surface area contributed by atoms with Crippen LogP contribution in [-0.2, 0) is 0 Å². The van der Waals surface area contributed by atoms with Crippen molar-refractivity contribution in [1.29, 1.82) is 0 Å². The van der Waals surface area contributed by atoms with Gasteiger partial charge in [-0.2, -0.15) is 0 Å². The number of hydrogen-bond donors (Lipinski definition) is 1. The molecule has 1 heterocycles. The number of imidazole rings is 1. The zero-order chi connectivity index (χ0) is 13.9. The van der Waals surface area contributed by atoms with Gasteiger partial charge in [0.05, 0.1) is 17.6 Å². The number of nitrogen functional groups attached to an aromatic ring is 1. The molecule has 102 valence electrons. The highest BCUT2D eigenvalue weighted by molar-refractivity contribution is 5.80. The first-order valence-electron chi connectivity index (χ1n) is 6.74. The molecule has 0 aliphatic rings. The minimum atomic E-state index is 0.728. The van der Waals surface area contributed by atoms with Gasteiger partial charge < -0.3 is 10.5 Å². The van der Waals surface area contributed by atoms with E-state index in [2.05, 4.69) is 11.9 Å². The maximum atomic E-state index is 5.77. The quantitative estimate of drug-likeness (QED) is 0.737. The SMILES string of the molecule is CCCOc1ccc(-n2cnc3cc(N)ccc32)cc1. The molecule has 2 aromatic carbocycles. The molecule has 0 radical (unpaired) electrons. The molecule has 20 heavy (non-hydrogen) atoms. The molecule has 0 fully saturated rings. The number of ether oxygens (including phenoxy) is 1. The van der Waals surface area contributed by atoms with Crippen LogP contribution in [0.4, 0.5) is 5.69 Å². The predicted octanol–water partition coefficient (Wildman–Crippen LogP) is 3.40. The minimum absolute atomic E-state index is 0.728. The van der Waals surface area contributed by atoms with Gasteiger partial charge in [-0.05, 0) is 48.9 Å². The number of hydrogen-bond acceptors (Lipinski definition) is 3. The molecule has 0 saturated heterocycles. The van der Waals surface area contributed by atoms with Crippen molar-refractivity contribution in [2.24, 2.45) is 0 Å². The van der Waals surface area contributed by atoms with Gasteiger partial charge in [0.1, 0.15) is 12.1 Å². The molecule has 0 spiro atoms. The van der Waals surface area contributed by atoms with Crippen molar-refractivity contribution in [3.63, 3.8) is 0 Å². The predicted molar refractivity (Wildman–Crippen MR) is 81.3 cm³/mol. The summed E-state index contributed by atoms with van der Waals surface area (Å²) >= 11 is 0. The Balaban J connectivity index is 1.94. The van der Waals surface area contributed by atoms with Crippen molar-refractivity contribution < 1.29 is 4.74 Å². The lowest BCUT2D eigenvalue weighted by atomic mass is 10.2. The van der Waals surface area contributed by atoms with E-state index in [0.29, 0.717) is 0 Å². The van der Waals surface area contributed by atoms with E-state index in [1.54, 1.807) is 0 Å². The number of rotatable bonds is 4. The molecule has 4 heteroatoms. The van der Waals surface area contributed by atoms with Gasteiger partial charge in [0.25, 0.3) is 0 Å². The number of aromatic nitrogens is 2. The third-order valence-electron chi connectivity index (χ3n) is 3.16. The lowest BCUT2D eigenvalue weighted by molar-refractivity contribution is 0.317. The zero-order valence-electron chi connectivity index (χ0n) is 11.4.